The maximum absolute atomic E-state index is 6.04. The van der Waals surface area contributed by atoms with Crippen LogP contribution in [-0.2, 0) is 5.41 Å². The molecule has 4 saturated carbocycles. The van der Waals surface area contributed by atoms with Crippen molar-refractivity contribution in [2.24, 2.45) is 17.8 Å². The quantitative estimate of drug-likeness (QED) is 0.723. The molecule has 1 aliphatic heterocycles. The van der Waals surface area contributed by atoms with E-state index in [1.807, 2.05) is 0 Å². The minimum atomic E-state index is 0.535. The van der Waals surface area contributed by atoms with Crippen molar-refractivity contribution in [3.05, 3.63) is 29.8 Å². The van der Waals surface area contributed by atoms with Gasteiger partial charge >= 0.3 is 0 Å². The van der Waals surface area contributed by atoms with Gasteiger partial charge in [-0.3, -0.25) is 0 Å². The summed E-state index contributed by atoms with van der Waals surface area (Å²) < 4.78 is 6.04. The molecule has 0 spiro atoms. The highest BCUT2D eigenvalue weighted by Crippen LogP contribution is 2.65. The second-order valence-corrected chi connectivity index (χ2v) is 9.57. The lowest BCUT2D eigenvalue weighted by Gasteiger charge is -2.33. The fourth-order valence-electron chi connectivity index (χ4n) is 6.70. The Bertz CT molecular complexity index is 606. The topological polar surface area (TPSA) is 15.7 Å². The Hall–Kier alpha value is -1.06. The fourth-order valence-corrected chi connectivity index (χ4v) is 6.70. The Kier molecular flexibility index (Phi) is 4.48. The predicted molar refractivity (Wildman–Crippen MR) is 106 cm³/mol. The van der Waals surface area contributed by atoms with Crippen LogP contribution in [0.3, 0.4) is 0 Å². The molecular formula is C23H34N2O. The third-order valence-electron chi connectivity index (χ3n) is 7.90. The van der Waals surface area contributed by atoms with E-state index in [4.69, 9.17) is 4.74 Å². The van der Waals surface area contributed by atoms with E-state index >= 15 is 0 Å². The highest BCUT2D eigenvalue weighted by Gasteiger charge is 2.58. The zero-order chi connectivity index (χ0) is 17.6. The van der Waals surface area contributed by atoms with Crippen molar-refractivity contribution in [1.29, 1.82) is 0 Å². The van der Waals surface area contributed by atoms with Gasteiger partial charge < -0.3 is 14.5 Å². The zero-order valence-corrected chi connectivity index (χ0v) is 16.3. The molecule has 1 aromatic carbocycles. The first-order valence-electron chi connectivity index (χ1n) is 10.9. The van der Waals surface area contributed by atoms with Crippen molar-refractivity contribution >= 4 is 0 Å². The number of hydrogen-bond acceptors (Lipinski definition) is 3. The number of nitrogens with zero attached hydrogens (tertiary/aromatic N) is 2. The van der Waals surface area contributed by atoms with E-state index in [-0.39, 0.29) is 0 Å². The molecule has 26 heavy (non-hydrogen) atoms. The molecule has 2 unspecified atom stereocenters. The summed E-state index contributed by atoms with van der Waals surface area (Å²) in [6.07, 6.45) is 8.56. The van der Waals surface area contributed by atoms with Gasteiger partial charge in [-0.1, -0.05) is 12.1 Å². The van der Waals surface area contributed by atoms with Crippen LogP contribution in [0, 0.1) is 17.8 Å². The second-order valence-electron chi connectivity index (χ2n) is 9.57. The van der Waals surface area contributed by atoms with Gasteiger partial charge in [0.1, 0.15) is 5.75 Å². The van der Waals surface area contributed by atoms with Crippen molar-refractivity contribution in [1.82, 2.24) is 9.80 Å². The van der Waals surface area contributed by atoms with Crippen LogP contribution in [0.25, 0.3) is 0 Å². The standard InChI is InChI=1S/C23H34N2O/c1-24-8-10-25(11-9-24)7-2-12-26-22-5-3-20(4-6-22)23-16-18-13-19(17-23)15-21(23)14-18/h3-6,18-19,21H,2,7-17H2,1H3. The van der Waals surface area contributed by atoms with E-state index in [2.05, 4.69) is 41.1 Å². The van der Waals surface area contributed by atoms with E-state index in [0.717, 1.165) is 36.5 Å². The highest BCUT2D eigenvalue weighted by atomic mass is 16.5. The summed E-state index contributed by atoms with van der Waals surface area (Å²) in [5, 5.41) is 0. The summed E-state index contributed by atoms with van der Waals surface area (Å²) in [5.41, 5.74) is 2.14. The minimum Gasteiger partial charge on any atom is -0.494 e. The molecule has 1 heterocycles. The molecule has 0 N–H and O–H groups in total. The zero-order valence-electron chi connectivity index (χ0n) is 16.3. The summed E-state index contributed by atoms with van der Waals surface area (Å²) >= 11 is 0. The van der Waals surface area contributed by atoms with Gasteiger partial charge in [-0.25, -0.2) is 0 Å². The first-order valence-corrected chi connectivity index (χ1v) is 10.9. The van der Waals surface area contributed by atoms with Gasteiger partial charge in [0.25, 0.3) is 0 Å². The van der Waals surface area contributed by atoms with Gasteiger partial charge in [-0.2, -0.15) is 0 Å². The van der Waals surface area contributed by atoms with E-state index < -0.39 is 0 Å². The van der Waals surface area contributed by atoms with E-state index in [1.165, 1.54) is 64.8 Å². The van der Waals surface area contributed by atoms with E-state index in [1.54, 1.807) is 5.56 Å². The van der Waals surface area contributed by atoms with Crippen LogP contribution >= 0.6 is 0 Å². The molecule has 0 amide bonds. The Morgan fingerprint density at radius 2 is 1.65 bits per heavy atom. The monoisotopic (exact) mass is 354 g/mol. The molecule has 5 aliphatic rings. The molecule has 6 rings (SSSR count). The van der Waals surface area contributed by atoms with Gasteiger partial charge in [-0.15, -0.1) is 0 Å². The largest absolute Gasteiger partial charge is 0.494 e. The van der Waals surface area contributed by atoms with Gasteiger partial charge in [-0.05, 0) is 86.4 Å². The summed E-state index contributed by atoms with van der Waals surface area (Å²) in [5.74, 6) is 4.08. The van der Waals surface area contributed by atoms with Crippen LogP contribution < -0.4 is 4.74 Å². The van der Waals surface area contributed by atoms with Crippen molar-refractivity contribution in [3.63, 3.8) is 0 Å². The molecule has 1 aromatic rings. The molecule has 0 aromatic heterocycles. The van der Waals surface area contributed by atoms with Crippen molar-refractivity contribution in [2.45, 2.75) is 43.9 Å². The van der Waals surface area contributed by atoms with E-state index in [0.29, 0.717) is 5.41 Å². The van der Waals surface area contributed by atoms with Crippen LogP contribution in [0.5, 0.6) is 5.75 Å². The summed E-state index contributed by atoms with van der Waals surface area (Å²) in [7, 11) is 2.21. The number of likely N-dealkylation sites (N-methyl/N-ethyl adjacent to an activating group) is 1. The summed E-state index contributed by atoms with van der Waals surface area (Å²) in [6.45, 7) is 6.81. The molecule has 0 radical (unpaired) electrons. The van der Waals surface area contributed by atoms with Crippen LogP contribution in [-0.4, -0.2) is 56.2 Å². The Morgan fingerprint density at radius 1 is 0.962 bits per heavy atom. The van der Waals surface area contributed by atoms with Crippen LogP contribution in [0.15, 0.2) is 24.3 Å². The summed E-state index contributed by atoms with van der Waals surface area (Å²) in [6, 6.07) is 9.25. The van der Waals surface area contributed by atoms with Gasteiger partial charge in [0.2, 0.25) is 0 Å². The lowest BCUT2D eigenvalue weighted by atomic mass is 9.71. The van der Waals surface area contributed by atoms with Crippen molar-refractivity contribution < 1.29 is 4.74 Å². The number of ether oxygens (including phenoxy) is 1. The molecule has 4 aliphatic carbocycles. The molecule has 3 heteroatoms. The van der Waals surface area contributed by atoms with E-state index in [9.17, 15) is 0 Å². The SMILES string of the molecule is CN1CCN(CCCOc2ccc(C34CC5CC(CC3C5)C4)cc2)CC1. The molecule has 5 fully saturated rings. The van der Waals surface area contributed by atoms with Crippen molar-refractivity contribution in [2.75, 3.05) is 46.4 Å². The molecule has 1 saturated heterocycles. The third-order valence-corrected chi connectivity index (χ3v) is 7.90. The Balaban J connectivity index is 1.12. The fraction of sp³-hybridized carbons (Fsp3) is 0.739. The lowest BCUT2D eigenvalue weighted by molar-refractivity contribution is 0.145. The van der Waals surface area contributed by atoms with Gasteiger partial charge in [0.15, 0.2) is 0 Å². The first kappa shape index (κ1) is 17.1. The lowest BCUT2D eigenvalue weighted by Crippen LogP contribution is -2.44. The van der Waals surface area contributed by atoms with Crippen LogP contribution in [0.2, 0.25) is 0 Å². The van der Waals surface area contributed by atoms with Crippen molar-refractivity contribution in [3.8, 4) is 5.75 Å². The first-order chi connectivity index (χ1) is 12.7. The molecule has 4 bridgehead atoms. The molecular weight excluding hydrogens is 320 g/mol. The highest BCUT2D eigenvalue weighted by molar-refractivity contribution is 5.36. The number of benzene rings is 1. The number of rotatable bonds is 6. The number of hydrogen-bond donors (Lipinski definition) is 0. The van der Waals surface area contributed by atoms with Gasteiger partial charge in [0.05, 0.1) is 6.61 Å². The molecule has 3 nitrogen and oxygen atoms in total. The number of piperazine rings is 1. The average molecular weight is 355 g/mol. The van der Waals surface area contributed by atoms with Gasteiger partial charge in [0, 0.05) is 32.7 Å². The maximum atomic E-state index is 6.04. The second kappa shape index (κ2) is 6.83. The normalized spacial score (nSPS) is 36.7. The summed E-state index contributed by atoms with van der Waals surface area (Å²) in [4.78, 5) is 4.98. The Labute approximate surface area is 158 Å². The Morgan fingerprint density at radius 3 is 2.35 bits per heavy atom. The van der Waals surface area contributed by atoms with Crippen LogP contribution in [0.4, 0.5) is 0 Å². The van der Waals surface area contributed by atoms with Crippen LogP contribution in [0.1, 0.15) is 44.1 Å². The predicted octanol–water partition coefficient (Wildman–Crippen LogP) is 3.78. The minimum absolute atomic E-state index is 0.535. The average Bonchev–Trinajstić information content (AvgIpc) is 3.06. The third kappa shape index (κ3) is 3.07. The molecule has 142 valence electrons. The molecule has 2 atom stereocenters. The maximum Gasteiger partial charge on any atom is 0.119 e. The smallest absolute Gasteiger partial charge is 0.119 e.